The van der Waals surface area contributed by atoms with Gasteiger partial charge in [-0.2, -0.15) is 0 Å². The van der Waals surface area contributed by atoms with Crippen LogP contribution in [-0.2, 0) is 23.8 Å². The maximum atomic E-state index is 13.2. The van der Waals surface area contributed by atoms with Crippen molar-refractivity contribution >= 4 is 41.0 Å². The largest absolute Gasteiger partial charge is 0.466 e. The van der Waals surface area contributed by atoms with Crippen LogP contribution in [0.2, 0.25) is 0 Å². The van der Waals surface area contributed by atoms with Crippen molar-refractivity contribution in [1.82, 2.24) is 10.6 Å². The maximum absolute atomic E-state index is 13.2. The van der Waals surface area contributed by atoms with Gasteiger partial charge in [-0.15, -0.1) is 0 Å². The van der Waals surface area contributed by atoms with Gasteiger partial charge in [0.15, 0.2) is 5.11 Å². The summed E-state index contributed by atoms with van der Waals surface area (Å²) in [6.45, 7) is 8.96. The number of carbonyl (C=O) groups is 3. The second-order valence-corrected chi connectivity index (χ2v) is 9.88. The van der Waals surface area contributed by atoms with Crippen molar-refractivity contribution in [3.05, 3.63) is 30.3 Å². The van der Waals surface area contributed by atoms with Gasteiger partial charge >= 0.3 is 18.0 Å². The Morgan fingerprint density at radius 3 is 2.32 bits per heavy atom. The normalized spacial score (nSPS) is 27.1. The van der Waals surface area contributed by atoms with Gasteiger partial charge < -0.3 is 30.2 Å². The number of carbonyl (C=O) groups excluding carboxylic acids is 3. The predicted octanol–water partition coefficient (Wildman–Crippen LogP) is 3.00. The van der Waals surface area contributed by atoms with Crippen LogP contribution >= 0.6 is 12.2 Å². The first-order valence-corrected chi connectivity index (χ1v) is 11.9. The molecule has 3 N–H and O–H groups in total. The molecule has 1 aromatic carbocycles. The Morgan fingerprint density at radius 2 is 1.74 bits per heavy atom. The fourth-order valence-corrected chi connectivity index (χ4v) is 5.06. The standard InChI is InChI=1S/C24H33N3O6S/c1-6-31-19(28)17-16-15(26-21(34)25-14-11-9-8-10-12-14)13-24(18(16)17,20(29)32-7-2)27-22(30)33-23(3,4)5/h8-12,15-18H,6-7,13H2,1-5H3,(H,27,30)(H2,25,26,34). The Morgan fingerprint density at radius 1 is 1.09 bits per heavy atom. The summed E-state index contributed by atoms with van der Waals surface area (Å²) in [5.41, 5.74) is -1.41. The number of amides is 1. The highest BCUT2D eigenvalue weighted by Gasteiger charge is 2.76. The Labute approximate surface area is 205 Å². The molecule has 0 saturated heterocycles. The van der Waals surface area contributed by atoms with Gasteiger partial charge in [-0.3, -0.25) is 4.79 Å². The van der Waals surface area contributed by atoms with Crippen molar-refractivity contribution in [3.63, 3.8) is 0 Å². The van der Waals surface area contributed by atoms with E-state index >= 15 is 0 Å². The minimum absolute atomic E-state index is 0.129. The van der Waals surface area contributed by atoms with Gasteiger partial charge in [0.05, 0.1) is 19.1 Å². The van der Waals surface area contributed by atoms with Crippen LogP contribution in [0, 0.1) is 17.8 Å². The number of thiocarbonyl (C=S) groups is 1. The van der Waals surface area contributed by atoms with Gasteiger partial charge in [-0.1, -0.05) is 18.2 Å². The third kappa shape index (κ3) is 5.60. The Bertz CT molecular complexity index is 934. The lowest BCUT2D eigenvalue weighted by molar-refractivity contribution is -0.153. The number of hydrogen-bond acceptors (Lipinski definition) is 7. The van der Waals surface area contributed by atoms with Crippen LogP contribution in [0.15, 0.2) is 30.3 Å². The maximum Gasteiger partial charge on any atom is 0.408 e. The lowest BCUT2D eigenvalue weighted by Gasteiger charge is -2.33. The summed E-state index contributed by atoms with van der Waals surface area (Å²) < 4.78 is 16.0. The van der Waals surface area contributed by atoms with Gasteiger partial charge in [0.1, 0.15) is 11.1 Å². The quantitative estimate of drug-likeness (QED) is 0.301. The molecule has 9 nitrogen and oxygen atoms in total. The highest BCUT2D eigenvalue weighted by atomic mass is 32.1. The molecule has 0 radical (unpaired) electrons. The van der Waals surface area contributed by atoms with E-state index in [1.165, 1.54) is 0 Å². The number of nitrogens with one attached hydrogen (secondary N) is 3. The van der Waals surface area contributed by atoms with Gasteiger partial charge in [-0.05, 0) is 64.9 Å². The summed E-state index contributed by atoms with van der Waals surface area (Å²) in [5, 5.41) is 9.44. The molecule has 1 aromatic rings. The average molecular weight is 492 g/mol. The molecule has 0 bridgehead atoms. The van der Waals surface area contributed by atoms with Crippen LogP contribution in [0.3, 0.4) is 0 Å². The van der Waals surface area contributed by atoms with Crippen LogP contribution in [0.4, 0.5) is 10.5 Å². The highest BCUT2D eigenvalue weighted by molar-refractivity contribution is 7.80. The molecule has 5 unspecified atom stereocenters. The topological polar surface area (TPSA) is 115 Å². The minimum Gasteiger partial charge on any atom is -0.466 e. The molecule has 1 amide bonds. The van der Waals surface area contributed by atoms with Crippen molar-refractivity contribution < 1.29 is 28.6 Å². The fraction of sp³-hybridized carbons (Fsp3) is 0.583. The highest BCUT2D eigenvalue weighted by Crippen LogP contribution is 2.63. The van der Waals surface area contributed by atoms with Gasteiger partial charge in [0, 0.05) is 24.1 Å². The van der Waals surface area contributed by atoms with Crippen LogP contribution in [0.5, 0.6) is 0 Å². The molecule has 5 atom stereocenters. The lowest BCUT2D eigenvalue weighted by atomic mass is 9.89. The van der Waals surface area contributed by atoms with E-state index in [1.54, 1.807) is 34.6 Å². The van der Waals surface area contributed by atoms with Crippen molar-refractivity contribution in [2.24, 2.45) is 17.8 Å². The van der Waals surface area contributed by atoms with Gasteiger partial charge in [0.25, 0.3) is 0 Å². The van der Waals surface area contributed by atoms with Crippen LogP contribution in [-0.4, -0.2) is 53.5 Å². The SMILES string of the molecule is CCOC(=O)C1C2C(NC(=S)Nc3ccccc3)CC(NC(=O)OC(C)(C)C)(C(=O)OCC)C12. The molecular weight excluding hydrogens is 458 g/mol. The molecule has 0 aromatic heterocycles. The number of benzene rings is 1. The molecule has 2 aliphatic carbocycles. The monoisotopic (exact) mass is 491 g/mol. The third-order valence-corrected chi connectivity index (χ3v) is 6.14. The summed E-state index contributed by atoms with van der Waals surface area (Å²) in [7, 11) is 0. The number of hydrogen-bond donors (Lipinski definition) is 3. The Balaban J connectivity index is 1.86. The molecule has 0 spiro atoms. The smallest absolute Gasteiger partial charge is 0.408 e. The average Bonchev–Trinajstić information content (AvgIpc) is 3.41. The second kappa shape index (κ2) is 10.2. The fourth-order valence-electron chi connectivity index (χ4n) is 4.79. The zero-order valence-electron chi connectivity index (χ0n) is 20.2. The number of fused-ring (bicyclic) bond motifs is 1. The number of para-hydroxylation sites is 1. The Kier molecular flexibility index (Phi) is 7.70. The van der Waals surface area contributed by atoms with E-state index in [2.05, 4.69) is 16.0 Å². The van der Waals surface area contributed by atoms with E-state index in [-0.39, 0.29) is 31.6 Å². The van der Waals surface area contributed by atoms with Gasteiger partial charge in [0.2, 0.25) is 0 Å². The van der Waals surface area contributed by atoms with E-state index in [1.807, 2.05) is 30.3 Å². The molecular formula is C24H33N3O6S. The van der Waals surface area contributed by atoms with Crippen LogP contribution in [0.1, 0.15) is 41.0 Å². The molecule has 2 aliphatic rings. The summed E-state index contributed by atoms with van der Waals surface area (Å²) in [4.78, 5) is 38.7. The van der Waals surface area contributed by atoms with Crippen molar-refractivity contribution in [2.75, 3.05) is 18.5 Å². The van der Waals surface area contributed by atoms with E-state index < -0.39 is 41.0 Å². The molecule has 34 heavy (non-hydrogen) atoms. The summed E-state index contributed by atoms with van der Waals surface area (Å²) >= 11 is 5.48. The first-order valence-electron chi connectivity index (χ1n) is 11.5. The van der Waals surface area contributed by atoms with E-state index in [0.29, 0.717) is 5.11 Å². The summed E-state index contributed by atoms with van der Waals surface area (Å²) in [6.07, 6.45) is -0.563. The number of ether oxygens (including phenoxy) is 3. The number of alkyl carbamates (subject to hydrolysis) is 1. The molecule has 0 heterocycles. The third-order valence-electron chi connectivity index (χ3n) is 5.92. The molecule has 186 valence electrons. The molecule has 0 aliphatic heterocycles. The lowest BCUT2D eigenvalue weighted by Crippen LogP contribution is -2.59. The van der Waals surface area contributed by atoms with Crippen molar-refractivity contribution in [2.45, 2.75) is 58.2 Å². The van der Waals surface area contributed by atoms with Gasteiger partial charge in [-0.25, -0.2) is 9.59 Å². The zero-order chi connectivity index (χ0) is 25.1. The second-order valence-electron chi connectivity index (χ2n) is 9.47. The molecule has 3 rings (SSSR count). The predicted molar refractivity (Wildman–Crippen MR) is 130 cm³/mol. The molecule has 2 fully saturated rings. The molecule has 2 saturated carbocycles. The van der Waals surface area contributed by atoms with E-state index in [4.69, 9.17) is 26.4 Å². The summed E-state index contributed by atoms with van der Waals surface area (Å²) in [5.74, 6) is -2.37. The van der Waals surface area contributed by atoms with Crippen molar-refractivity contribution in [1.29, 1.82) is 0 Å². The zero-order valence-corrected chi connectivity index (χ0v) is 21.0. The Hall–Kier alpha value is -2.88. The van der Waals surface area contributed by atoms with Crippen LogP contribution < -0.4 is 16.0 Å². The number of esters is 2. The van der Waals surface area contributed by atoms with E-state index in [0.717, 1.165) is 5.69 Å². The first-order chi connectivity index (χ1) is 16.0. The number of rotatable bonds is 7. The van der Waals surface area contributed by atoms with Crippen LogP contribution in [0.25, 0.3) is 0 Å². The first kappa shape index (κ1) is 25.7. The van der Waals surface area contributed by atoms with Crippen molar-refractivity contribution in [3.8, 4) is 0 Å². The van der Waals surface area contributed by atoms with E-state index in [9.17, 15) is 14.4 Å². The minimum atomic E-state index is -1.44. The molecule has 10 heteroatoms. The number of anilines is 1. The summed E-state index contributed by atoms with van der Waals surface area (Å²) in [6, 6.07) is 9.03.